The molecule has 0 atom stereocenters. The van der Waals surface area contributed by atoms with E-state index in [1.165, 1.54) is 32.4 Å². The first-order valence-electron chi connectivity index (χ1n) is 7.50. The Hall–Kier alpha value is -0.0800. The van der Waals surface area contributed by atoms with Gasteiger partial charge in [-0.2, -0.15) is 0 Å². The molecule has 0 saturated carbocycles. The minimum Gasteiger partial charge on any atom is -0.316 e. The molecule has 0 aliphatic rings. The first-order chi connectivity index (χ1) is 8.05. The number of rotatable bonds is 10. The van der Waals surface area contributed by atoms with Crippen LogP contribution >= 0.6 is 0 Å². The summed E-state index contributed by atoms with van der Waals surface area (Å²) in [5.74, 6) is 0. The van der Waals surface area contributed by atoms with E-state index in [4.69, 9.17) is 0 Å². The Balaban J connectivity index is 4.56. The lowest BCUT2D eigenvalue weighted by Crippen LogP contribution is -2.46. The topological polar surface area (TPSA) is 15.3 Å². The van der Waals surface area contributed by atoms with Crippen molar-refractivity contribution >= 4 is 0 Å². The van der Waals surface area contributed by atoms with Gasteiger partial charge in [-0.3, -0.25) is 0 Å². The first kappa shape index (κ1) is 16.9. The van der Waals surface area contributed by atoms with Crippen LogP contribution in [0.1, 0.15) is 60.8 Å². The zero-order valence-corrected chi connectivity index (χ0v) is 13.0. The molecule has 0 aromatic heterocycles. The van der Waals surface area contributed by atoms with Crippen LogP contribution < -0.4 is 5.32 Å². The fraction of sp³-hybridized carbons (Fsp3) is 1.00. The zero-order valence-electron chi connectivity index (χ0n) is 13.0. The van der Waals surface area contributed by atoms with Gasteiger partial charge >= 0.3 is 0 Å². The molecule has 0 spiro atoms. The highest BCUT2D eigenvalue weighted by Gasteiger charge is 2.28. The molecule has 0 fully saturated rings. The van der Waals surface area contributed by atoms with Gasteiger partial charge in [0.2, 0.25) is 0 Å². The average molecular weight is 242 g/mol. The molecule has 0 aliphatic heterocycles. The second-order valence-electron chi connectivity index (χ2n) is 5.55. The maximum absolute atomic E-state index is 3.55. The van der Waals surface area contributed by atoms with Crippen molar-refractivity contribution in [1.29, 1.82) is 0 Å². The van der Waals surface area contributed by atoms with Gasteiger partial charge in [-0.15, -0.1) is 0 Å². The second-order valence-corrected chi connectivity index (χ2v) is 5.55. The predicted molar refractivity (Wildman–Crippen MR) is 78.6 cm³/mol. The number of nitrogens with one attached hydrogen (secondary N) is 1. The predicted octanol–water partition coefficient (Wildman–Crippen LogP) is 3.52. The van der Waals surface area contributed by atoms with Gasteiger partial charge in [0.05, 0.1) is 0 Å². The summed E-state index contributed by atoms with van der Waals surface area (Å²) in [6.45, 7) is 18.5. The Morgan fingerprint density at radius 2 is 1.65 bits per heavy atom. The van der Waals surface area contributed by atoms with Crippen molar-refractivity contribution in [3.8, 4) is 0 Å². The largest absolute Gasteiger partial charge is 0.316 e. The van der Waals surface area contributed by atoms with Crippen molar-refractivity contribution in [3.05, 3.63) is 0 Å². The van der Waals surface area contributed by atoms with Crippen LogP contribution in [0.4, 0.5) is 0 Å². The van der Waals surface area contributed by atoms with Crippen LogP contribution in [0, 0.1) is 5.41 Å². The van der Waals surface area contributed by atoms with E-state index in [0.717, 1.165) is 13.1 Å². The lowest BCUT2D eigenvalue weighted by atomic mass is 9.81. The molecule has 0 unspecified atom stereocenters. The molecule has 2 nitrogen and oxygen atoms in total. The summed E-state index contributed by atoms with van der Waals surface area (Å²) >= 11 is 0. The van der Waals surface area contributed by atoms with Gasteiger partial charge in [-0.25, -0.2) is 0 Å². The molecule has 0 heterocycles. The van der Waals surface area contributed by atoms with Gasteiger partial charge in [0, 0.05) is 19.1 Å². The van der Waals surface area contributed by atoms with Crippen LogP contribution in [0.2, 0.25) is 0 Å². The standard InChI is InChI=1S/C15H34N2/c1-7-11-17(14(5)6)13-15(8-2,9-3)12-16-10-4/h14,16H,7-13H2,1-6H3. The molecular weight excluding hydrogens is 208 g/mol. The molecule has 0 aliphatic carbocycles. The highest BCUT2D eigenvalue weighted by Crippen LogP contribution is 2.27. The summed E-state index contributed by atoms with van der Waals surface area (Å²) in [4.78, 5) is 2.64. The molecular formula is C15H34N2. The number of hydrogen-bond acceptors (Lipinski definition) is 2. The van der Waals surface area contributed by atoms with E-state index < -0.39 is 0 Å². The fourth-order valence-corrected chi connectivity index (χ4v) is 2.41. The molecule has 0 aromatic carbocycles. The van der Waals surface area contributed by atoms with Crippen LogP contribution in [0.25, 0.3) is 0 Å². The van der Waals surface area contributed by atoms with Crippen LogP contribution in [0.15, 0.2) is 0 Å². The van der Waals surface area contributed by atoms with Crippen molar-refractivity contribution in [3.63, 3.8) is 0 Å². The summed E-state index contributed by atoms with van der Waals surface area (Å²) in [6, 6.07) is 0.661. The Kier molecular flexibility index (Phi) is 8.89. The quantitative estimate of drug-likeness (QED) is 0.630. The van der Waals surface area contributed by atoms with Crippen LogP contribution in [-0.4, -0.2) is 37.1 Å². The van der Waals surface area contributed by atoms with Crippen molar-refractivity contribution in [2.75, 3.05) is 26.2 Å². The number of hydrogen-bond donors (Lipinski definition) is 1. The number of nitrogens with zero attached hydrogens (tertiary/aromatic N) is 1. The summed E-state index contributed by atoms with van der Waals surface area (Å²) in [6.07, 6.45) is 3.79. The third kappa shape index (κ3) is 5.87. The Bertz CT molecular complexity index is 174. The lowest BCUT2D eigenvalue weighted by Gasteiger charge is -2.39. The Labute approximate surface area is 109 Å². The Morgan fingerprint density at radius 1 is 1.06 bits per heavy atom. The van der Waals surface area contributed by atoms with E-state index >= 15 is 0 Å². The van der Waals surface area contributed by atoms with Gasteiger partial charge < -0.3 is 10.2 Å². The maximum atomic E-state index is 3.55. The first-order valence-corrected chi connectivity index (χ1v) is 7.50. The van der Waals surface area contributed by atoms with E-state index in [1.807, 2.05) is 0 Å². The molecule has 0 bridgehead atoms. The minimum absolute atomic E-state index is 0.454. The Morgan fingerprint density at radius 3 is 2.00 bits per heavy atom. The average Bonchev–Trinajstić information content (AvgIpc) is 2.33. The smallest absolute Gasteiger partial charge is 0.00526 e. The van der Waals surface area contributed by atoms with Gasteiger partial charge in [0.1, 0.15) is 0 Å². The molecule has 2 heteroatoms. The van der Waals surface area contributed by atoms with Crippen molar-refractivity contribution in [2.24, 2.45) is 5.41 Å². The van der Waals surface area contributed by atoms with E-state index in [9.17, 15) is 0 Å². The third-order valence-corrected chi connectivity index (χ3v) is 4.03. The SMILES string of the molecule is CCCN(CC(CC)(CC)CNCC)C(C)C. The highest BCUT2D eigenvalue weighted by molar-refractivity contribution is 4.83. The summed E-state index contributed by atoms with van der Waals surface area (Å²) in [5, 5.41) is 3.55. The normalized spacial score (nSPS) is 12.7. The van der Waals surface area contributed by atoms with Gasteiger partial charge in [0.15, 0.2) is 0 Å². The summed E-state index contributed by atoms with van der Waals surface area (Å²) in [7, 11) is 0. The van der Waals surface area contributed by atoms with Crippen molar-refractivity contribution in [1.82, 2.24) is 10.2 Å². The molecule has 0 rings (SSSR count). The van der Waals surface area contributed by atoms with Crippen molar-refractivity contribution < 1.29 is 0 Å². The highest BCUT2D eigenvalue weighted by atomic mass is 15.2. The second kappa shape index (κ2) is 8.93. The molecule has 17 heavy (non-hydrogen) atoms. The van der Waals surface area contributed by atoms with Crippen molar-refractivity contribution in [2.45, 2.75) is 66.8 Å². The maximum Gasteiger partial charge on any atom is 0.00526 e. The third-order valence-electron chi connectivity index (χ3n) is 4.03. The van der Waals surface area contributed by atoms with E-state index in [0.29, 0.717) is 11.5 Å². The molecule has 104 valence electrons. The van der Waals surface area contributed by atoms with E-state index in [1.54, 1.807) is 0 Å². The fourth-order valence-electron chi connectivity index (χ4n) is 2.41. The molecule has 0 radical (unpaired) electrons. The lowest BCUT2D eigenvalue weighted by molar-refractivity contribution is 0.110. The summed E-state index contributed by atoms with van der Waals surface area (Å²) in [5.41, 5.74) is 0.454. The van der Waals surface area contributed by atoms with Crippen LogP contribution in [0.5, 0.6) is 0 Å². The van der Waals surface area contributed by atoms with E-state index in [-0.39, 0.29) is 0 Å². The minimum atomic E-state index is 0.454. The van der Waals surface area contributed by atoms with Crippen LogP contribution in [0.3, 0.4) is 0 Å². The summed E-state index contributed by atoms with van der Waals surface area (Å²) < 4.78 is 0. The molecule has 1 N–H and O–H groups in total. The van der Waals surface area contributed by atoms with E-state index in [2.05, 4.69) is 51.8 Å². The molecule has 0 aromatic rings. The monoisotopic (exact) mass is 242 g/mol. The molecule has 0 saturated heterocycles. The molecule has 0 amide bonds. The van der Waals surface area contributed by atoms with Gasteiger partial charge in [-0.05, 0) is 51.6 Å². The zero-order chi connectivity index (χ0) is 13.3. The van der Waals surface area contributed by atoms with Gasteiger partial charge in [0.25, 0.3) is 0 Å². The van der Waals surface area contributed by atoms with Gasteiger partial charge in [-0.1, -0.05) is 27.7 Å². The van der Waals surface area contributed by atoms with Crippen LogP contribution in [-0.2, 0) is 0 Å².